The van der Waals surface area contributed by atoms with Gasteiger partial charge in [0.25, 0.3) is 0 Å². The summed E-state index contributed by atoms with van der Waals surface area (Å²) in [6, 6.07) is 8.42. The van der Waals surface area contributed by atoms with Gasteiger partial charge in [-0.05, 0) is 42.5 Å². The van der Waals surface area contributed by atoms with Crippen molar-refractivity contribution in [3.8, 4) is 0 Å². The van der Waals surface area contributed by atoms with E-state index in [0.717, 1.165) is 22.5 Å². The van der Waals surface area contributed by atoms with E-state index in [-0.39, 0.29) is 21.0 Å². The number of benzene rings is 2. The summed E-state index contributed by atoms with van der Waals surface area (Å²) in [6.07, 6.45) is 0. The molecule has 26 heavy (non-hydrogen) atoms. The number of ketones is 1. The minimum Gasteiger partial charge on any atom is -0.454 e. The number of sulfonamides is 1. The van der Waals surface area contributed by atoms with Gasteiger partial charge in [-0.25, -0.2) is 21.9 Å². The van der Waals surface area contributed by atoms with E-state index in [4.69, 9.17) is 16.3 Å². The van der Waals surface area contributed by atoms with Crippen LogP contribution in [0.25, 0.3) is 0 Å². The Morgan fingerprint density at radius 3 is 2.23 bits per heavy atom. The first-order chi connectivity index (χ1) is 12.1. The van der Waals surface area contributed by atoms with Crippen molar-refractivity contribution in [3.05, 3.63) is 64.4 Å². The van der Waals surface area contributed by atoms with E-state index in [9.17, 15) is 22.4 Å². The molecule has 2 aromatic rings. The zero-order chi connectivity index (χ0) is 19.5. The predicted octanol–water partition coefficient (Wildman–Crippen LogP) is 2.77. The Hall–Kier alpha value is -2.29. The van der Waals surface area contributed by atoms with Gasteiger partial charge in [-0.15, -0.1) is 0 Å². The monoisotopic (exact) mass is 399 g/mol. The third-order valence-electron chi connectivity index (χ3n) is 3.43. The zero-order valence-electron chi connectivity index (χ0n) is 13.9. The van der Waals surface area contributed by atoms with E-state index in [0.29, 0.717) is 0 Å². The van der Waals surface area contributed by atoms with Crippen LogP contribution in [0.3, 0.4) is 0 Å². The van der Waals surface area contributed by atoms with Gasteiger partial charge in [-0.2, -0.15) is 0 Å². The van der Waals surface area contributed by atoms with Crippen molar-refractivity contribution in [3.63, 3.8) is 0 Å². The average molecular weight is 400 g/mol. The number of hydrogen-bond acceptors (Lipinski definition) is 5. The molecule has 0 aliphatic heterocycles. The Morgan fingerprint density at radius 1 is 1.08 bits per heavy atom. The maximum Gasteiger partial charge on any atom is 0.338 e. The van der Waals surface area contributed by atoms with Gasteiger partial charge in [-0.1, -0.05) is 11.6 Å². The van der Waals surface area contributed by atoms with Gasteiger partial charge in [-0.3, -0.25) is 4.79 Å². The first-order valence-electron chi connectivity index (χ1n) is 7.31. The highest BCUT2D eigenvalue weighted by Crippen LogP contribution is 2.25. The lowest BCUT2D eigenvalue weighted by Gasteiger charge is -2.13. The molecule has 0 amide bonds. The fourth-order valence-electron chi connectivity index (χ4n) is 1.96. The molecule has 0 fully saturated rings. The molecule has 2 aromatic carbocycles. The zero-order valence-corrected chi connectivity index (χ0v) is 15.5. The fourth-order valence-corrected chi connectivity index (χ4v) is 3.35. The number of halogens is 2. The quantitative estimate of drug-likeness (QED) is 0.551. The second-order valence-corrected chi connectivity index (χ2v) is 7.97. The lowest BCUT2D eigenvalue weighted by molar-refractivity contribution is 0.0474. The van der Waals surface area contributed by atoms with Crippen LogP contribution >= 0.6 is 11.6 Å². The van der Waals surface area contributed by atoms with Crippen molar-refractivity contribution in [1.29, 1.82) is 0 Å². The lowest BCUT2D eigenvalue weighted by atomic mass is 10.1. The van der Waals surface area contributed by atoms with Crippen LogP contribution in [0.4, 0.5) is 4.39 Å². The molecule has 0 unspecified atom stereocenters. The van der Waals surface area contributed by atoms with Gasteiger partial charge in [0.15, 0.2) is 12.4 Å². The van der Waals surface area contributed by atoms with Crippen molar-refractivity contribution < 1.29 is 27.1 Å². The highest BCUT2D eigenvalue weighted by Gasteiger charge is 2.23. The summed E-state index contributed by atoms with van der Waals surface area (Å²) in [5.74, 6) is -1.89. The Bertz CT molecular complexity index is 942. The third kappa shape index (κ3) is 4.46. The molecule has 2 rings (SSSR count). The molecule has 6 nitrogen and oxygen atoms in total. The number of rotatable bonds is 6. The lowest BCUT2D eigenvalue weighted by Crippen LogP contribution is -2.23. The van der Waals surface area contributed by atoms with Crippen LogP contribution in [0.1, 0.15) is 20.7 Å². The van der Waals surface area contributed by atoms with Crippen molar-refractivity contribution in [2.45, 2.75) is 4.90 Å². The summed E-state index contributed by atoms with van der Waals surface area (Å²) in [7, 11) is -1.19. The molecule has 0 N–H and O–H groups in total. The Labute approximate surface area is 155 Å². The van der Waals surface area contributed by atoms with Crippen LogP contribution in [0.5, 0.6) is 0 Å². The van der Waals surface area contributed by atoms with Crippen LogP contribution in [0.2, 0.25) is 5.02 Å². The van der Waals surface area contributed by atoms with Crippen molar-refractivity contribution in [2.24, 2.45) is 0 Å². The molecule has 0 aliphatic carbocycles. The molecule has 0 saturated heterocycles. The molecular formula is C17H15ClFNO5S. The molecule has 0 spiro atoms. The predicted molar refractivity (Wildman–Crippen MR) is 93.3 cm³/mol. The minimum absolute atomic E-state index is 0.0439. The van der Waals surface area contributed by atoms with Crippen LogP contribution in [-0.2, 0) is 14.8 Å². The maximum absolute atomic E-state index is 12.8. The summed E-state index contributed by atoms with van der Waals surface area (Å²) in [5.41, 5.74) is 0.118. The molecule has 0 aromatic heterocycles. The first kappa shape index (κ1) is 20.0. The van der Waals surface area contributed by atoms with Gasteiger partial charge in [0.1, 0.15) is 10.7 Å². The second-order valence-electron chi connectivity index (χ2n) is 5.44. The van der Waals surface area contributed by atoms with Crippen LogP contribution < -0.4 is 0 Å². The normalized spacial score (nSPS) is 11.4. The fraction of sp³-hybridized carbons (Fsp3) is 0.176. The van der Waals surface area contributed by atoms with Gasteiger partial charge >= 0.3 is 5.97 Å². The molecule has 0 radical (unpaired) electrons. The first-order valence-corrected chi connectivity index (χ1v) is 9.12. The molecule has 9 heteroatoms. The largest absolute Gasteiger partial charge is 0.454 e. The number of esters is 1. The minimum atomic E-state index is -3.85. The summed E-state index contributed by atoms with van der Waals surface area (Å²) in [6.45, 7) is -0.567. The van der Waals surface area contributed by atoms with Crippen molar-refractivity contribution in [1.82, 2.24) is 4.31 Å². The maximum atomic E-state index is 12.8. The highest BCUT2D eigenvalue weighted by atomic mass is 35.5. The van der Waals surface area contributed by atoms with E-state index in [1.807, 2.05) is 0 Å². The number of hydrogen-bond donors (Lipinski definition) is 0. The van der Waals surface area contributed by atoms with E-state index in [1.165, 1.54) is 38.4 Å². The molecule has 0 heterocycles. The van der Waals surface area contributed by atoms with Gasteiger partial charge in [0, 0.05) is 19.7 Å². The van der Waals surface area contributed by atoms with Crippen LogP contribution in [0, 0.1) is 5.82 Å². The van der Waals surface area contributed by atoms with E-state index < -0.39 is 34.2 Å². The van der Waals surface area contributed by atoms with E-state index in [1.54, 1.807) is 0 Å². The molecule has 0 atom stereocenters. The standard InChI is InChI=1S/C17H15ClFNO5S/c1-20(2)26(23,24)16-9-12(5-8-14(16)18)17(22)25-10-15(21)11-3-6-13(19)7-4-11/h3-9H,10H2,1-2H3. The average Bonchev–Trinajstić information content (AvgIpc) is 2.60. The molecule has 138 valence electrons. The summed E-state index contributed by atoms with van der Waals surface area (Å²) in [4.78, 5) is 23.8. The number of ether oxygens (including phenoxy) is 1. The Balaban J connectivity index is 2.15. The summed E-state index contributed by atoms with van der Waals surface area (Å²) >= 11 is 5.91. The van der Waals surface area contributed by atoms with Gasteiger partial charge in [0.2, 0.25) is 10.0 Å². The summed E-state index contributed by atoms with van der Waals surface area (Å²) in [5, 5.41) is -0.0439. The Morgan fingerprint density at radius 2 is 1.65 bits per heavy atom. The topological polar surface area (TPSA) is 80.8 Å². The third-order valence-corrected chi connectivity index (χ3v) is 5.72. The molecule has 0 saturated carbocycles. The smallest absolute Gasteiger partial charge is 0.338 e. The highest BCUT2D eigenvalue weighted by molar-refractivity contribution is 7.89. The molecule has 0 aliphatic rings. The molecular weight excluding hydrogens is 385 g/mol. The van der Waals surface area contributed by atoms with Gasteiger partial charge in [0.05, 0.1) is 10.6 Å². The molecule has 0 bridgehead atoms. The van der Waals surface area contributed by atoms with Crippen molar-refractivity contribution >= 4 is 33.4 Å². The number of nitrogens with zero attached hydrogens (tertiary/aromatic N) is 1. The second kappa shape index (κ2) is 7.94. The number of carbonyl (C=O) groups is 2. The van der Waals surface area contributed by atoms with Crippen molar-refractivity contribution in [2.75, 3.05) is 20.7 Å². The SMILES string of the molecule is CN(C)S(=O)(=O)c1cc(C(=O)OCC(=O)c2ccc(F)cc2)ccc1Cl. The Kier molecular flexibility index (Phi) is 6.12. The number of Topliss-reactive ketones (excluding diaryl/α,β-unsaturated/α-hetero) is 1. The van der Waals surface area contributed by atoms with Crippen LogP contribution in [-0.4, -0.2) is 45.2 Å². The van der Waals surface area contributed by atoms with Gasteiger partial charge < -0.3 is 4.74 Å². The van der Waals surface area contributed by atoms with E-state index in [2.05, 4.69) is 0 Å². The van der Waals surface area contributed by atoms with Crippen LogP contribution in [0.15, 0.2) is 47.4 Å². The van der Waals surface area contributed by atoms with E-state index >= 15 is 0 Å². The summed E-state index contributed by atoms with van der Waals surface area (Å²) < 4.78 is 43.1. The number of carbonyl (C=O) groups excluding carboxylic acids is 2.